The molecule has 0 aromatic carbocycles. The van der Waals surface area contributed by atoms with Crippen molar-refractivity contribution in [2.24, 2.45) is 5.73 Å². The molecule has 2 heterocycles. The molecule has 100 valence electrons. The fraction of sp³-hybridized carbons (Fsp3) is 0.667. The molecule has 0 saturated carbocycles. The van der Waals surface area contributed by atoms with Gasteiger partial charge >= 0.3 is 0 Å². The Labute approximate surface area is 111 Å². The maximum Gasteiger partial charge on any atom is 0.273 e. The summed E-state index contributed by atoms with van der Waals surface area (Å²) in [4.78, 5) is 18.2. The molecular weight excluding hydrogens is 250 g/mol. The molecule has 18 heavy (non-hydrogen) atoms. The van der Waals surface area contributed by atoms with Crippen molar-refractivity contribution >= 4 is 17.2 Å². The number of likely N-dealkylation sites (tertiary alicyclic amines) is 1. The fourth-order valence-corrected chi connectivity index (χ4v) is 2.99. The first-order chi connectivity index (χ1) is 8.52. The Kier molecular flexibility index (Phi) is 3.99. The summed E-state index contributed by atoms with van der Waals surface area (Å²) in [5.74, 6) is -0.0884. The highest BCUT2D eigenvalue weighted by atomic mass is 32.1. The van der Waals surface area contributed by atoms with Gasteiger partial charge in [0.05, 0.1) is 10.6 Å². The van der Waals surface area contributed by atoms with Crippen LogP contribution in [0.25, 0.3) is 0 Å². The smallest absolute Gasteiger partial charge is 0.273 e. The Hall–Kier alpha value is -0.980. The topological polar surface area (TPSA) is 79.5 Å². The number of piperidine rings is 1. The first-order valence-electron chi connectivity index (χ1n) is 6.18. The molecule has 0 aliphatic carbocycles. The molecule has 1 aliphatic heterocycles. The van der Waals surface area contributed by atoms with E-state index in [0.29, 0.717) is 31.7 Å². The van der Waals surface area contributed by atoms with Crippen LogP contribution in [0.4, 0.5) is 0 Å². The number of aliphatic hydroxyl groups is 1. The number of thiazole rings is 1. The lowest BCUT2D eigenvalue weighted by Gasteiger charge is -2.36. The summed E-state index contributed by atoms with van der Waals surface area (Å²) in [6.45, 7) is 3.39. The molecule has 0 radical (unpaired) electrons. The van der Waals surface area contributed by atoms with Crippen molar-refractivity contribution < 1.29 is 9.90 Å². The average Bonchev–Trinajstić information content (AvgIpc) is 2.76. The zero-order chi connectivity index (χ0) is 13.2. The van der Waals surface area contributed by atoms with Crippen molar-refractivity contribution in [2.75, 3.05) is 19.6 Å². The third kappa shape index (κ3) is 3.07. The van der Waals surface area contributed by atoms with Gasteiger partial charge in [-0.15, -0.1) is 11.3 Å². The number of hydrogen-bond acceptors (Lipinski definition) is 5. The molecule has 1 aromatic rings. The van der Waals surface area contributed by atoms with E-state index in [2.05, 4.69) is 4.98 Å². The van der Waals surface area contributed by atoms with E-state index in [1.807, 2.05) is 0 Å². The molecular formula is C12H19N3O2S. The van der Waals surface area contributed by atoms with Crippen LogP contribution in [0.5, 0.6) is 0 Å². The number of rotatable bonds is 3. The van der Waals surface area contributed by atoms with Gasteiger partial charge in [0, 0.05) is 24.9 Å². The molecule has 1 fully saturated rings. The molecule has 6 heteroatoms. The summed E-state index contributed by atoms with van der Waals surface area (Å²) >= 11 is 1.47. The van der Waals surface area contributed by atoms with E-state index in [-0.39, 0.29) is 5.91 Å². The Balaban J connectivity index is 2.05. The molecule has 0 spiro atoms. The van der Waals surface area contributed by atoms with Gasteiger partial charge in [0.15, 0.2) is 0 Å². The molecule has 1 unspecified atom stereocenters. The number of nitrogens with zero attached hydrogens (tertiary/aromatic N) is 2. The normalized spacial score (nSPS) is 24.3. The molecule has 1 amide bonds. The maximum atomic E-state index is 12.2. The van der Waals surface area contributed by atoms with Crippen LogP contribution >= 0.6 is 11.3 Å². The maximum absolute atomic E-state index is 12.2. The fourth-order valence-electron chi connectivity index (χ4n) is 2.20. The van der Waals surface area contributed by atoms with Crippen molar-refractivity contribution in [3.05, 3.63) is 16.1 Å². The van der Waals surface area contributed by atoms with Crippen LogP contribution < -0.4 is 5.73 Å². The van der Waals surface area contributed by atoms with E-state index >= 15 is 0 Å². The molecule has 1 saturated heterocycles. The van der Waals surface area contributed by atoms with Crippen molar-refractivity contribution in [3.8, 4) is 0 Å². The monoisotopic (exact) mass is 269 g/mol. The number of carbonyl (C=O) groups excluding carboxylic acids is 1. The van der Waals surface area contributed by atoms with E-state index in [9.17, 15) is 9.90 Å². The molecule has 3 N–H and O–H groups in total. The highest BCUT2D eigenvalue weighted by Gasteiger charge is 2.32. The minimum Gasteiger partial charge on any atom is -0.388 e. The minimum atomic E-state index is -0.774. The predicted molar refractivity (Wildman–Crippen MR) is 70.6 cm³/mol. The third-order valence-corrected chi connectivity index (χ3v) is 4.00. The predicted octanol–water partition coefficient (Wildman–Crippen LogP) is 0.631. The Bertz CT molecular complexity index is 431. The molecule has 5 nitrogen and oxygen atoms in total. The van der Waals surface area contributed by atoms with Gasteiger partial charge in [-0.25, -0.2) is 4.98 Å². The Morgan fingerprint density at radius 2 is 2.50 bits per heavy atom. The molecule has 2 rings (SSSR count). The summed E-state index contributed by atoms with van der Waals surface area (Å²) in [7, 11) is 0. The number of hydrogen-bond donors (Lipinski definition) is 2. The van der Waals surface area contributed by atoms with Crippen LogP contribution in [-0.2, 0) is 6.42 Å². The van der Waals surface area contributed by atoms with Crippen molar-refractivity contribution in [1.29, 1.82) is 0 Å². The average molecular weight is 269 g/mol. The van der Waals surface area contributed by atoms with Gasteiger partial charge in [-0.1, -0.05) is 0 Å². The second kappa shape index (κ2) is 5.34. The van der Waals surface area contributed by atoms with Crippen LogP contribution in [0, 0.1) is 0 Å². The quantitative estimate of drug-likeness (QED) is 0.843. The van der Waals surface area contributed by atoms with E-state index < -0.39 is 5.60 Å². The van der Waals surface area contributed by atoms with Gasteiger partial charge in [0.25, 0.3) is 5.91 Å². The Morgan fingerprint density at radius 1 is 1.72 bits per heavy atom. The van der Waals surface area contributed by atoms with E-state index in [1.165, 1.54) is 11.3 Å². The van der Waals surface area contributed by atoms with Gasteiger partial charge in [-0.05, 0) is 26.3 Å². The molecule has 1 atom stereocenters. The van der Waals surface area contributed by atoms with Gasteiger partial charge in [-0.2, -0.15) is 0 Å². The number of nitrogens with two attached hydrogens (primary N) is 1. The van der Waals surface area contributed by atoms with E-state index in [4.69, 9.17) is 5.73 Å². The Morgan fingerprint density at radius 3 is 3.17 bits per heavy atom. The first kappa shape index (κ1) is 13.5. The van der Waals surface area contributed by atoms with Crippen molar-refractivity contribution in [2.45, 2.75) is 31.8 Å². The third-order valence-electron chi connectivity index (χ3n) is 3.09. The largest absolute Gasteiger partial charge is 0.388 e. The van der Waals surface area contributed by atoms with E-state index in [1.54, 1.807) is 17.2 Å². The van der Waals surface area contributed by atoms with Gasteiger partial charge in [0.2, 0.25) is 0 Å². The van der Waals surface area contributed by atoms with Gasteiger partial charge in [-0.3, -0.25) is 4.79 Å². The van der Waals surface area contributed by atoms with Crippen LogP contribution in [0.15, 0.2) is 5.38 Å². The summed E-state index contributed by atoms with van der Waals surface area (Å²) in [6.07, 6.45) is 2.28. The molecule has 1 aliphatic rings. The zero-order valence-electron chi connectivity index (χ0n) is 10.6. The lowest BCUT2D eigenvalue weighted by atomic mass is 9.95. The first-order valence-corrected chi connectivity index (χ1v) is 7.06. The molecule has 1 aromatic heterocycles. The summed E-state index contributed by atoms with van der Waals surface area (Å²) in [5.41, 5.74) is 5.16. The lowest BCUT2D eigenvalue weighted by Crippen LogP contribution is -2.48. The van der Waals surface area contributed by atoms with Crippen molar-refractivity contribution in [3.63, 3.8) is 0 Å². The number of β-amino-alcohol motifs (C(OH)–C–C–N with tert-alkyl or cyclic N) is 1. The SMILES string of the molecule is CC1(O)CCCN(C(=O)c2csc(CCN)n2)C1. The number of amides is 1. The van der Waals surface area contributed by atoms with Crippen LogP contribution in [-0.4, -0.2) is 46.1 Å². The van der Waals surface area contributed by atoms with Crippen LogP contribution in [0.1, 0.15) is 35.3 Å². The van der Waals surface area contributed by atoms with Crippen LogP contribution in [0.2, 0.25) is 0 Å². The standard InChI is InChI=1S/C12H19N3O2S/c1-12(17)4-2-6-15(8-12)11(16)9-7-18-10(14-9)3-5-13/h7,17H,2-6,8,13H2,1H3. The summed E-state index contributed by atoms with van der Waals surface area (Å²) in [5, 5.41) is 12.7. The molecule has 0 bridgehead atoms. The van der Waals surface area contributed by atoms with Gasteiger partial charge < -0.3 is 15.7 Å². The van der Waals surface area contributed by atoms with Crippen molar-refractivity contribution in [1.82, 2.24) is 9.88 Å². The van der Waals surface area contributed by atoms with E-state index in [0.717, 1.165) is 17.8 Å². The summed E-state index contributed by atoms with van der Waals surface area (Å²) in [6, 6.07) is 0. The minimum absolute atomic E-state index is 0.0884. The second-order valence-corrected chi connectivity index (χ2v) is 5.94. The lowest BCUT2D eigenvalue weighted by molar-refractivity contribution is -0.0109. The zero-order valence-corrected chi connectivity index (χ0v) is 11.4. The second-order valence-electron chi connectivity index (χ2n) is 4.99. The van der Waals surface area contributed by atoms with Gasteiger partial charge in [0.1, 0.15) is 5.69 Å². The summed E-state index contributed by atoms with van der Waals surface area (Å²) < 4.78 is 0. The number of carbonyl (C=O) groups is 1. The number of aromatic nitrogens is 1. The highest BCUT2D eigenvalue weighted by Crippen LogP contribution is 2.22. The highest BCUT2D eigenvalue weighted by molar-refractivity contribution is 7.09. The van der Waals surface area contributed by atoms with Crippen LogP contribution in [0.3, 0.4) is 0 Å².